The van der Waals surface area contributed by atoms with Crippen molar-refractivity contribution in [3.05, 3.63) is 11.6 Å². The maximum absolute atomic E-state index is 11.2. The van der Waals surface area contributed by atoms with Crippen molar-refractivity contribution in [3.8, 4) is 0 Å². The minimum absolute atomic E-state index is 0.312. The number of ether oxygens (including phenoxy) is 1. The molecule has 72 valence electrons. The van der Waals surface area contributed by atoms with E-state index in [4.69, 9.17) is 0 Å². The fraction of sp³-hybridized carbons (Fsp3) is 0.625. The van der Waals surface area contributed by atoms with Crippen molar-refractivity contribution in [2.75, 3.05) is 7.11 Å². The summed E-state index contributed by atoms with van der Waals surface area (Å²) in [6, 6.07) is -0.411. The van der Waals surface area contributed by atoms with E-state index in [9.17, 15) is 4.79 Å². The van der Waals surface area contributed by atoms with Crippen LogP contribution in [0.5, 0.6) is 0 Å². The minimum Gasteiger partial charge on any atom is -0.467 e. The lowest BCUT2D eigenvalue weighted by atomic mass is 10.3. The highest BCUT2D eigenvalue weighted by Crippen LogP contribution is 2.08. The van der Waals surface area contributed by atoms with E-state index in [2.05, 4.69) is 14.8 Å². The van der Waals surface area contributed by atoms with Crippen LogP contribution in [0, 0.1) is 13.8 Å². The van der Waals surface area contributed by atoms with Gasteiger partial charge in [-0.1, -0.05) is 0 Å². The van der Waals surface area contributed by atoms with E-state index >= 15 is 0 Å². The van der Waals surface area contributed by atoms with Gasteiger partial charge in [-0.05, 0) is 20.8 Å². The Morgan fingerprint density at radius 3 is 2.54 bits per heavy atom. The summed E-state index contributed by atoms with van der Waals surface area (Å²) in [4.78, 5) is 15.3. The number of aromatic nitrogens is 3. The smallest absolute Gasteiger partial charge is 0.330 e. The third kappa shape index (κ3) is 1.85. The molecule has 0 saturated carbocycles. The van der Waals surface area contributed by atoms with Gasteiger partial charge in [-0.15, -0.1) is 0 Å². The normalized spacial score (nSPS) is 12.6. The zero-order valence-electron chi connectivity index (χ0n) is 8.24. The largest absolute Gasteiger partial charge is 0.467 e. The number of aryl methyl sites for hydroxylation is 2. The van der Waals surface area contributed by atoms with Gasteiger partial charge in [0.2, 0.25) is 0 Å². The molecule has 0 aliphatic carbocycles. The number of nitrogens with zero attached hydrogens (tertiary/aromatic N) is 3. The topological polar surface area (TPSA) is 57.0 Å². The predicted octanol–water partition coefficient (Wildman–Crippen LogP) is 0.629. The molecule has 1 rings (SSSR count). The van der Waals surface area contributed by atoms with Crippen LogP contribution < -0.4 is 0 Å². The van der Waals surface area contributed by atoms with Gasteiger partial charge in [-0.3, -0.25) is 0 Å². The van der Waals surface area contributed by atoms with Gasteiger partial charge >= 0.3 is 5.97 Å². The molecule has 0 aliphatic heterocycles. The van der Waals surface area contributed by atoms with Gasteiger partial charge in [-0.25, -0.2) is 14.5 Å². The molecule has 1 heterocycles. The first-order valence-electron chi connectivity index (χ1n) is 4.04. The second-order valence-corrected chi connectivity index (χ2v) is 2.85. The van der Waals surface area contributed by atoms with Crippen molar-refractivity contribution < 1.29 is 9.53 Å². The van der Waals surface area contributed by atoms with Crippen molar-refractivity contribution in [3.63, 3.8) is 0 Å². The molecule has 1 aromatic heterocycles. The maximum atomic E-state index is 11.2. The van der Waals surface area contributed by atoms with E-state index in [-0.39, 0.29) is 5.97 Å². The van der Waals surface area contributed by atoms with Crippen molar-refractivity contribution in [1.29, 1.82) is 0 Å². The summed E-state index contributed by atoms with van der Waals surface area (Å²) in [6.07, 6.45) is 0. The van der Waals surface area contributed by atoms with Crippen molar-refractivity contribution in [2.24, 2.45) is 0 Å². The van der Waals surface area contributed by atoms with Gasteiger partial charge in [0, 0.05) is 0 Å². The highest BCUT2D eigenvalue weighted by atomic mass is 16.5. The standard InChI is InChI=1S/C8H13N3O2/c1-5(8(12)13-4)11-7(3)9-6(2)10-11/h5H,1-4H3. The van der Waals surface area contributed by atoms with Crippen LogP contribution in [0.4, 0.5) is 0 Å². The Balaban J connectivity index is 2.94. The SMILES string of the molecule is COC(=O)C(C)n1nc(C)nc1C. The molecule has 0 radical (unpaired) electrons. The van der Waals surface area contributed by atoms with Crippen LogP contribution in [0.1, 0.15) is 24.6 Å². The molecule has 0 bridgehead atoms. The van der Waals surface area contributed by atoms with Crippen molar-refractivity contribution >= 4 is 5.97 Å². The second kappa shape index (κ2) is 3.55. The zero-order chi connectivity index (χ0) is 10.0. The molecule has 1 unspecified atom stereocenters. The predicted molar refractivity (Wildman–Crippen MR) is 46.2 cm³/mol. The summed E-state index contributed by atoms with van der Waals surface area (Å²) >= 11 is 0. The van der Waals surface area contributed by atoms with Gasteiger partial charge in [0.25, 0.3) is 0 Å². The fourth-order valence-corrected chi connectivity index (χ4v) is 1.17. The summed E-state index contributed by atoms with van der Waals surface area (Å²) in [5, 5.41) is 4.08. The number of methoxy groups -OCH3 is 1. The molecule has 0 spiro atoms. The van der Waals surface area contributed by atoms with E-state index in [0.717, 1.165) is 5.82 Å². The molecular weight excluding hydrogens is 170 g/mol. The van der Waals surface area contributed by atoms with Gasteiger partial charge < -0.3 is 4.74 Å². The van der Waals surface area contributed by atoms with Gasteiger partial charge in [0.1, 0.15) is 17.7 Å². The molecule has 0 saturated heterocycles. The molecule has 0 amide bonds. The molecule has 0 fully saturated rings. The molecule has 5 heteroatoms. The molecular formula is C8H13N3O2. The van der Waals surface area contributed by atoms with E-state index in [1.807, 2.05) is 0 Å². The molecule has 0 N–H and O–H groups in total. The van der Waals surface area contributed by atoms with Gasteiger partial charge in [0.15, 0.2) is 0 Å². The van der Waals surface area contributed by atoms with E-state index in [0.29, 0.717) is 5.82 Å². The highest BCUT2D eigenvalue weighted by molar-refractivity contribution is 5.73. The lowest BCUT2D eigenvalue weighted by Crippen LogP contribution is -2.20. The average Bonchev–Trinajstić information content (AvgIpc) is 2.42. The van der Waals surface area contributed by atoms with Crippen LogP contribution >= 0.6 is 0 Å². The molecule has 13 heavy (non-hydrogen) atoms. The first-order chi connectivity index (χ1) is 6.06. The maximum Gasteiger partial charge on any atom is 0.330 e. The summed E-state index contributed by atoms with van der Waals surface area (Å²) in [5.41, 5.74) is 0. The lowest BCUT2D eigenvalue weighted by molar-refractivity contribution is -0.144. The van der Waals surface area contributed by atoms with E-state index in [1.54, 1.807) is 25.5 Å². The first kappa shape index (κ1) is 9.70. The van der Waals surface area contributed by atoms with Crippen LogP contribution in [-0.4, -0.2) is 27.8 Å². The molecule has 1 aromatic rings. The summed E-state index contributed by atoms with van der Waals surface area (Å²) in [5.74, 6) is 1.07. The second-order valence-electron chi connectivity index (χ2n) is 2.85. The number of carbonyl (C=O) groups is 1. The van der Waals surface area contributed by atoms with Crippen LogP contribution in [0.3, 0.4) is 0 Å². The van der Waals surface area contributed by atoms with Crippen LogP contribution in [-0.2, 0) is 9.53 Å². The summed E-state index contributed by atoms with van der Waals surface area (Å²) < 4.78 is 6.16. The quantitative estimate of drug-likeness (QED) is 0.631. The number of carbonyl (C=O) groups excluding carboxylic acids is 1. The number of hydrogen-bond donors (Lipinski definition) is 0. The van der Waals surface area contributed by atoms with Crippen LogP contribution in [0.2, 0.25) is 0 Å². The van der Waals surface area contributed by atoms with Crippen LogP contribution in [0.25, 0.3) is 0 Å². The third-order valence-corrected chi connectivity index (χ3v) is 1.82. The lowest BCUT2D eigenvalue weighted by Gasteiger charge is -2.09. The Morgan fingerprint density at radius 1 is 1.54 bits per heavy atom. The Morgan fingerprint density at radius 2 is 2.15 bits per heavy atom. The Hall–Kier alpha value is -1.39. The first-order valence-corrected chi connectivity index (χ1v) is 4.04. The molecule has 0 aliphatic rings. The Labute approximate surface area is 76.7 Å². The van der Waals surface area contributed by atoms with Gasteiger partial charge in [-0.2, -0.15) is 5.10 Å². The van der Waals surface area contributed by atoms with Gasteiger partial charge in [0.05, 0.1) is 7.11 Å². The fourth-order valence-electron chi connectivity index (χ4n) is 1.17. The molecule has 1 atom stereocenters. The van der Waals surface area contributed by atoms with E-state index < -0.39 is 6.04 Å². The van der Waals surface area contributed by atoms with E-state index in [1.165, 1.54) is 7.11 Å². The zero-order valence-corrected chi connectivity index (χ0v) is 8.24. The molecule has 0 aromatic carbocycles. The molecule has 5 nitrogen and oxygen atoms in total. The Kier molecular flexibility index (Phi) is 2.65. The Bertz CT molecular complexity index is 319. The van der Waals surface area contributed by atoms with Crippen LogP contribution in [0.15, 0.2) is 0 Å². The van der Waals surface area contributed by atoms with Crippen molar-refractivity contribution in [1.82, 2.24) is 14.8 Å². The van der Waals surface area contributed by atoms with Crippen molar-refractivity contribution in [2.45, 2.75) is 26.8 Å². The summed E-state index contributed by atoms with van der Waals surface area (Å²) in [7, 11) is 1.36. The third-order valence-electron chi connectivity index (χ3n) is 1.82. The highest BCUT2D eigenvalue weighted by Gasteiger charge is 2.18. The number of rotatable bonds is 2. The number of esters is 1. The number of hydrogen-bond acceptors (Lipinski definition) is 4. The summed E-state index contributed by atoms with van der Waals surface area (Å²) in [6.45, 7) is 5.32. The monoisotopic (exact) mass is 183 g/mol. The average molecular weight is 183 g/mol. The minimum atomic E-state index is -0.411.